The molecule has 0 N–H and O–H groups in total. The smallest absolute Gasteiger partial charge is 0.226 e. The third kappa shape index (κ3) is 3.05. The molecule has 80 valence electrons. The lowest BCUT2D eigenvalue weighted by Crippen LogP contribution is -1.99. The van der Waals surface area contributed by atoms with Crippen LogP contribution in [0, 0.1) is 23.2 Å². The Morgan fingerprint density at radius 2 is 2.40 bits per heavy atom. The van der Waals surface area contributed by atoms with Crippen LogP contribution in [-0.2, 0) is 12.8 Å². The van der Waals surface area contributed by atoms with Crippen LogP contribution in [0.2, 0.25) is 0 Å². The van der Waals surface area contributed by atoms with E-state index in [-0.39, 0.29) is 0 Å². The molecule has 0 aliphatic heterocycles. The van der Waals surface area contributed by atoms with Crippen molar-refractivity contribution in [2.45, 2.75) is 39.0 Å². The fourth-order valence-corrected chi connectivity index (χ4v) is 1.56. The van der Waals surface area contributed by atoms with Gasteiger partial charge in [0.05, 0.1) is 6.07 Å². The predicted octanol–water partition coefficient (Wildman–Crippen LogP) is 2.11. The van der Waals surface area contributed by atoms with Gasteiger partial charge in [0.1, 0.15) is 0 Å². The summed E-state index contributed by atoms with van der Waals surface area (Å²) in [5.41, 5.74) is 0. The van der Waals surface area contributed by atoms with E-state index in [9.17, 15) is 0 Å². The summed E-state index contributed by atoms with van der Waals surface area (Å²) in [6, 6.07) is 2.15. The topological polar surface area (TPSA) is 62.7 Å². The molecule has 1 aromatic heterocycles. The largest absolute Gasteiger partial charge is 0.339 e. The normalized spacial score (nSPS) is 17.3. The fraction of sp³-hybridized carbons (Fsp3) is 0.727. The number of hydrogen-bond donors (Lipinski definition) is 0. The van der Waals surface area contributed by atoms with Gasteiger partial charge in [-0.15, -0.1) is 0 Å². The van der Waals surface area contributed by atoms with E-state index >= 15 is 0 Å². The zero-order valence-corrected chi connectivity index (χ0v) is 8.94. The van der Waals surface area contributed by atoms with Crippen molar-refractivity contribution < 1.29 is 4.52 Å². The van der Waals surface area contributed by atoms with E-state index in [1.54, 1.807) is 0 Å². The van der Waals surface area contributed by atoms with E-state index in [2.05, 4.69) is 16.2 Å². The molecular weight excluding hydrogens is 190 g/mol. The number of nitriles is 1. The molecule has 15 heavy (non-hydrogen) atoms. The van der Waals surface area contributed by atoms with Gasteiger partial charge in [-0.05, 0) is 24.7 Å². The summed E-state index contributed by atoms with van der Waals surface area (Å²) in [7, 11) is 0. The standard InChI is InChI=1S/C11H15N3O/c1-8(4-5-12)6-11-13-10(14-15-11)7-9-2-3-9/h8-9H,2-4,6-7H2,1H3. The highest BCUT2D eigenvalue weighted by molar-refractivity contribution is 4.93. The van der Waals surface area contributed by atoms with Gasteiger partial charge in [-0.1, -0.05) is 12.1 Å². The van der Waals surface area contributed by atoms with E-state index in [0.29, 0.717) is 24.7 Å². The molecular formula is C11H15N3O. The third-order valence-corrected chi connectivity index (χ3v) is 2.64. The average molecular weight is 205 g/mol. The highest BCUT2D eigenvalue weighted by atomic mass is 16.5. The van der Waals surface area contributed by atoms with Crippen LogP contribution in [0.5, 0.6) is 0 Å². The fourth-order valence-electron chi connectivity index (χ4n) is 1.56. The first kappa shape index (κ1) is 10.2. The second-order valence-corrected chi connectivity index (χ2v) is 4.42. The Labute approximate surface area is 89.3 Å². The summed E-state index contributed by atoms with van der Waals surface area (Å²) < 4.78 is 5.14. The molecule has 1 fully saturated rings. The Hall–Kier alpha value is -1.37. The molecule has 1 atom stereocenters. The lowest BCUT2D eigenvalue weighted by molar-refractivity contribution is 0.354. The van der Waals surface area contributed by atoms with Gasteiger partial charge in [0.2, 0.25) is 5.89 Å². The number of hydrogen-bond acceptors (Lipinski definition) is 4. The minimum atomic E-state index is 0.296. The molecule has 0 saturated heterocycles. The van der Waals surface area contributed by atoms with Crippen molar-refractivity contribution in [1.29, 1.82) is 5.26 Å². The average Bonchev–Trinajstić information content (AvgIpc) is 2.88. The molecule has 0 bridgehead atoms. The summed E-state index contributed by atoms with van der Waals surface area (Å²) in [5, 5.41) is 12.5. The number of nitrogens with zero attached hydrogens (tertiary/aromatic N) is 3. The molecule has 0 radical (unpaired) electrons. The lowest BCUT2D eigenvalue weighted by Gasteiger charge is -2.00. The van der Waals surface area contributed by atoms with Gasteiger partial charge in [0.25, 0.3) is 0 Å². The summed E-state index contributed by atoms with van der Waals surface area (Å²) >= 11 is 0. The van der Waals surface area contributed by atoms with Crippen LogP contribution in [0.4, 0.5) is 0 Å². The second kappa shape index (κ2) is 4.43. The number of aromatic nitrogens is 2. The molecule has 2 rings (SSSR count). The van der Waals surface area contributed by atoms with Gasteiger partial charge in [-0.25, -0.2) is 0 Å². The van der Waals surface area contributed by atoms with Crippen LogP contribution in [0.1, 0.15) is 37.9 Å². The predicted molar refractivity (Wildman–Crippen MR) is 53.8 cm³/mol. The van der Waals surface area contributed by atoms with Crippen LogP contribution >= 0.6 is 0 Å². The SMILES string of the molecule is CC(CC#N)Cc1nc(CC2CC2)no1. The Morgan fingerprint density at radius 1 is 1.60 bits per heavy atom. The second-order valence-electron chi connectivity index (χ2n) is 4.42. The molecule has 1 saturated carbocycles. The van der Waals surface area contributed by atoms with Crippen molar-refractivity contribution in [3.63, 3.8) is 0 Å². The Morgan fingerprint density at radius 3 is 3.07 bits per heavy atom. The minimum Gasteiger partial charge on any atom is -0.339 e. The molecule has 4 nitrogen and oxygen atoms in total. The molecule has 1 aliphatic carbocycles. The van der Waals surface area contributed by atoms with E-state index in [1.165, 1.54) is 12.8 Å². The van der Waals surface area contributed by atoms with Gasteiger partial charge in [0.15, 0.2) is 5.82 Å². The van der Waals surface area contributed by atoms with Gasteiger partial charge >= 0.3 is 0 Å². The maximum absolute atomic E-state index is 8.53. The van der Waals surface area contributed by atoms with Crippen LogP contribution in [0.3, 0.4) is 0 Å². The molecule has 1 unspecified atom stereocenters. The Bertz CT molecular complexity index is 362. The van der Waals surface area contributed by atoms with Crippen LogP contribution in [0.15, 0.2) is 4.52 Å². The van der Waals surface area contributed by atoms with Gasteiger partial charge in [-0.3, -0.25) is 0 Å². The number of rotatable bonds is 5. The molecule has 4 heteroatoms. The van der Waals surface area contributed by atoms with Crippen molar-refractivity contribution in [3.8, 4) is 6.07 Å². The molecule has 1 aromatic rings. The molecule has 1 heterocycles. The first-order valence-corrected chi connectivity index (χ1v) is 5.46. The monoisotopic (exact) mass is 205 g/mol. The van der Waals surface area contributed by atoms with Crippen molar-refractivity contribution in [3.05, 3.63) is 11.7 Å². The first-order chi connectivity index (χ1) is 7.28. The molecule has 0 amide bonds. The lowest BCUT2D eigenvalue weighted by atomic mass is 10.1. The molecule has 1 aliphatic rings. The minimum absolute atomic E-state index is 0.296. The van der Waals surface area contributed by atoms with E-state index in [1.807, 2.05) is 6.92 Å². The van der Waals surface area contributed by atoms with Crippen LogP contribution < -0.4 is 0 Å². The zero-order chi connectivity index (χ0) is 10.7. The van der Waals surface area contributed by atoms with Crippen molar-refractivity contribution in [2.75, 3.05) is 0 Å². The first-order valence-electron chi connectivity index (χ1n) is 5.46. The summed E-state index contributed by atoms with van der Waals surface area (Å²) in [6.07, 6.45) is 4.81. The van der Waals surface area contributed by atoms with E-state index in [0.717, 1.165) is 18.2 Å². The van der Waals surface area contributed by atoms with Crippen molar-refractivity contribution >= 4 is 0 Å². The maximum atomic E-state index is 8.53. The van der Waals surface area contributed by atoms with E-state index < -0.39 is 0 Å². The summed E-state index contributed by atoms with van der Waals surface area (Å²) in [5.74, 6) is 2.58. The highest BCUT2D eigenvalue weighted by Crippen LogP contribution is 2.31. The van der Waals surface area contributed by atoms with Crippen molar-refractivity contribution in [1.82, 2.24) is 10.1 Å². The molecule has 0 spiro atoms. The third-order valence-electron chi connectivity index (χ3n) is 2.64. The van der Waals surface area contributed by atoms with Crippen molar-refractivity contribution in [2.24, 2.45) is 11.8 Å². The van der Waals surface area contributed by atoms with Gasteiger partial charge < -0.3 is 4.52 Å². The van der Waals surface area contributed by atoms with Crippen LogP contribution in [-0.4, -0.2) is 10.1 Å². The molecule has 0 aromatic carbocycles. The highest BCUT2D eigenvalue weighted by Gasteiger charge is 2.24. The van der Waals surface area contributed by atoms with E-state index in [4.69, 9.17) is 9.78 Å². The van der Waals surface area contributed by atoms with Crippen LogP contribution in [0.25, 0.3) is 0 Å². The van der Waals surface area contributed by atoms with Gasteiger partial charge in [-0.2, -0.15) is 10.2 Å². The summed E-state index contributed by atoms with van der Waals surface area (Å²) in [4.78, 5) is 4.33. The quantitative estimate of drug-likeness (QED) is 0.738. The van der Waals surface area contributed by atoms with Gasteiger partial charge in [0, 0.05) is 19.3 Å². The zero-order valence-electron chi connectivity index (χ0n) is 8.94. The maximum Gasteiger partial charge on any atom is 0.226 e. The Kier molecular flexibility index (Phi) is 3.00. The Balaban J connectivity index is 1.86. The summed E-state index contributed by atoms with van der Waals surface area (Å²) in [6.45, 7) is 2.02.